The van der Waals surface area contributed by atoms with Crippen molar-refractivity contribution in [3.05, 3.63) is 74.8 Å². The summed E-state index contributed by atoms with van der Waals surface area (Å²) in [4.78, 5) is 45.5. The molecule has 12 heteroatoms. The fourth-order valence-corrected chi connectivity index (χ4v) is 6.82. The fraction of sp³-hybridized carbons (Fsp3) is 0.375. The lowest BCUT2D eigenvalue weighted by molar-refractivity contribution is -0.140. The molecule has 0 radical (unpaired) electrons. The molecule has 2 aromatic heterocycles. The average Bonchev–Trinajstić information content (AvgIpc) is 3.76. The Morgan fingerprint density at radius 2 is 1.98 bits per heavy atom. The second-order valence-corrected chi connectivity index (χ2v) is 12.7. The van der Waals surface area contributed by atoms with Crippen LogP contribution in [-0.4, -0.2) is 59.6 Å². The van der Waals surface area contributed by atoms with Crippen molar-refractivity contribution in [2.24, 2.45) is 7.05 Å². The number of methoxy groups -OCH3 is 1. The van der Waals surface area contributed by atoms with Crippen LogP contribution in [-0.2, 0) is 39.0 Å². The highest BCUT2D eigenvalue weighted by molar-refractivity contribution is 7.15. The van der Waals surface area contributed by atoms with Crippen LogP contribution in [0.25, 0.3) is 10.9 Å². The smallest absolute Gasteiger partial charge is 0.305 e. The van der Waals surface area contributed by atoms with E-state index in [1.807, 2.05) is 35.9 Å². The number of carbonyl (C=O) groups is 3. The van der Waals surface area contributed by atoms with Gasteiger partial charge in [-0.25, -0.2) is 4.98 Å². The first-order valence-corrected chi connectivity index (χ1v) is 16.0. The van der Waals surface area contributed by atoms with Gasteiger partial charge < -0.3 is 24.3 Å². The van der Waals surface area contributed by atoms with Crippen molar-refractivity contribution < 1.29 is 23.9 Å². The Hall–Kier alpha value is -3.44. The van der Waals surface area contributed by atoms with Crippen LogP contribution in [0.3, 0.4) is 0 Å². The van der Waals surface area contributed by atoms with Crippen molar-refractivity contribution in [2.45, 2.75) is 51.2 Å². The van der Waals surface area contributed by atoms with E-state index in [1.165, 1.54) is 7.11 Å². The van der Waals surface area contributed by atoms with Gasteiger partial charge >= 0.3 is 5.97 Å². The number of esters is 1. The Balaban J connectivity index is 1.16. The van der Waals surface area contributed by atoms with Crippen molar-refractivity contribution in [3.8, 4) is 0 Å². The topological polar surface area (TPSA) is 103 Å². The van der Waals surface area contributed by atoms with Crippen LogP contribution in [0, 0.1) is 0 Å². The van der Waals surface area contributed by atoms with E-state index >= 15 is 0 Å². The number of fused-ring (bicyclic) bond motifs is 1. The minimum Gasteiger partial charge on any atom is -0.469 e. The van der Waals surface area contributed by atoms with E-state index < -0.39 is 6.10 Å². The second kappa shape index (κ2) is 14.1. The standard InChI is InChI=1S/C32H34Cl2N4O5S/c1-19(43-18-21-7-6-12-38(21)32-35-16-22(44-32)10-11-30(40)42-3)29(39)14-20-13-26(34)27(15-25(20)33)36-31(41)24-17-37(2)28-9-5-4-8-23(24)28/h4-5,8-9,13,15-17,19,21H,6-7,10-12,14,18H2,1-3H3,(H,36,41)/t19?,21-/m0/s1. The Labute approximate surface area is 270 Å². The van der Waals surface area contributed by atoms with Crippen LogP contribution in [0.4, 0.5) is 10.8 Å². The molecule has 1 aliphatic rings. The molecule has 1 amide bonds. The number of para-hydroxylation sites is 1. The number of hydrogen-bond acceptors (Lipinski definition) is 8. The molecule has 2 aromatic carbocycles. The lowest BCUT2D eigenvalue weighted by Gasteiger charge is -2.25. The summed E-state index contributed by atoms with van der Waals surface area (Å²) in [6.07, 6.45) is 5.83. The number of nitrogens with one attached hydrogen (secondary N) is 1. The van der Waals surface area contributed by atoms with Gasteiger partial charge in [0.15, 0.2) is 10.9 Å². The van der Waals surface area contributed by atoms with Crippen molar-refractivity contribution in [2.75, 3.05) is 30.5 Å². The molecule has 5 rings (SSSR count). The van der Waals surface area contributed by atoms with Crippen LogP contribution in [0.1, 0.15) is 47.0 Å². The number of ketones is 1. The predicted molar refractivity (Wildman–Crippen MR) is 174 cm³/mol. The highest BCUT2D eigenvalue weighted by atomic mass is 35.5. The van der Waals surface area contributed by atoms with Crippen molar-refractivity contribution in [1.29, 1.82) is 0 Å². The van der Waals surface area contributed by atoms with Gasteiger partial charge in [-0.15, -0.1) is 11.3 Å². The van der Waals surface area contributed by atoms with E-state index in [0.717, 1.165) is 40.3 Å². The molecular weight excluding hydrogens is 623 g/mol. The summed E-state index contributed by atoms with van der Waals surface area (Å²) < 4.78 is 12.7. The number of hydrogen-bond donors (Lipinski definition) is 1. The predicted octanol–water partition coefficient (Wildman–Crippen LogP) is 6.49. The summed E-state index contributed by atoms with van der Waals surface area (Å²) in [7, 11) is 3.27. The molecule has 44 heavy (non-hydrogen) atoms. The molecule has 9 nitrogen and oxygen atoms in total. The Morgan fingerprint density at radius 1 is 1.18 bits per heavy atom. The molecule has 0 saturated carbocycles. The summed E-state index contributed by atoms with van der Waals surface area (Å²) in [6, 6.07) is 10.9. The zero-order chi connectivity index (χ0) is 31.4. The third-order valence-electron chi connectivity index (χ3n) is 7.85. The van der Waals surface area contributed by atoms with Gasteiger partial charge in [0.2, 0.25) is 0 Å². The molecule has 1 N–H and O–H groups in total. The number of aryl methyl sites for hydroxylation is 2. The minimum absolute atomic E-state index is 0.0433. The van der Waals surface area contributed by atoms with Crippen LogP contribution in [0.15, 0.2) is 48.8 Å². The highest BCUT2D eigenvalue weighted by Crippen LogP contribution is 2.32. The summed E-state index contributed by atoms with van der Waals surface area (Å²) in [6.45, 7) is 2.99. The normalized spacial score (nSPS) is 15.5. The number of halogens is 2. The maximum Gasteiger partial charge on any atom is 0.305 e. The number of ether oxygens (including phenoxy) is 2. The molecule has 2 atom stereocenters. The maximum atomic E-state index is 13.1. The molecule has 0 bridgehead atoms. The van der Waals surface area contributed by atoms with Gasteiger partial charge in [-0.1, -0.05) is 41.4 Å². The van der Waals surface area contributed by atoms with Crippen LogP contribution in [0.2, 0.25) is 10.0 Å². The van der Waals surface area contributed by atoms with E-state index in [4.69, 9.17) is 32.7 Å². The Bertz CT molecular complexity index is 1690. The molecule has 4 aromatic rings. The average molecular weight is 658 g/mol. The number of rotatable bonds is 12. The summed E-state index contributed by atoms with van der Waals surface area (Å²) in [5.41, 5.74) is 2.39. The van der Waals surface area contributed by atoms with Gasteiger partial charge in [-0.3, -0.25) is 14.4 Å². The fourth-order valence-electron chi connectivity index (χ4n) is 5.35. The number of amides is 1. The first kappa shape index (κ1) is 32.0. The lowest BCUT2D eigenvalue weighted by atomic mass is 10.1. The third kappa shape index (κ3) is 7.26. The van der Waals surface area contributed by atoms with Gasteiger partial charge in [0.05, 0.1) is 42.5 Å². The molecular formula is C32H34Cl2N4O5S. The summed E-state index contributed by atoms with van der Waals surface area (Å²) >= 11 is 14.6. The van der Waals surface area contributed by atoms with Crippen molar-refractivity contribution in [1.82, 2.24) is 9.55 Å². The molecule has 0 spiro atoms. The SMILES string of the molecule is COC(=O)CCc1cnc(N2CCC[C@H]2COC(C)C(=O)Cc2cc(Cl)c(NC(=O)c3cn(C)c4ccccc34)cc2Cl)s1. The quantitative estimate of drug-likeness (QED) is 0.174. The van der Waals surface area contributed by atoms with E-state index in [0.29, 0.717) is 41.3 Å². The van der Waals surface area contributed by atoms with E-state index in [2.05, 4.69) is 15.2 Å². The Kier molecular flexibility index (Phi) is 10.3. The molecule has 1 saturated heterocycles. The van der Waals surface area contributed by atoms with Gasteiger partial charge in [0.1, 0.15) is 6.10 Å². The van der Waals surface area contributed by atoms with E-state index in [1.54, 1.807) is 42.8 Å². The monoisotopic (exact) mass is 656 g/mol. The minimum atomic E-state index is -0.648. The van der Waals surface area contributed by atoms with Gasteiger partial charge in [0.25, 0.3) is 5.91 Å². The summed E-state index contributed by atoms with van der Waals surface area (Å²) in [5, 5.41) is 5.20. The highest BCUT2D eigenvalue weighted by Gasteiger charge is 2.29. The molecule has 232 valence electrons. The van der Waals surface area contributed by atoms with Crippen molar-refractivity contribution in [3.63, 3.8) is 0 Å². The maximum absolute atomic E-state index is 13.1. The number of carbonyl (C=O) groups excluding carboxylic acids is 3. The largest absolute Gasteiger partial charge is 0.469 e. The molecule has 1 unspecified atom stereocenters. The number of anilines is 2. The van der Waals surface area contributed by atoms with E-state index in [9.17, 15) is 14.4 Å². The molecule has 0 aliphatic carbocycles. The first-order valence-electron chi connectivity index (χ1n) is 14.4. The number of benzene rings is 2. The zero-order valence-corrected chi connectivity index (χ0v) is 27.1. The van der Waals surface area contributed by atoms with Gasteiger partial charge in [-0.2, -0.15) is 0 Å². The van der Waals surface area contributed by atoms with Crippen LogP contribution >= 0.6 is 34.5 Å². The van der Waals surface area contributed by atoms with Crippen molar-refractivity contribution >= 4 is 73.9 Å². The third-order valence-corrected chi connectivity index (χ3v) is 9.61. The van der Waals surface area contributed by atoms with Gasteiger partial charge in [0, 0.05) is 53.2 Å². The number of aromatic nitrogens is 2. The number of Topliss-reactive ketones (excluding diaryl/α,β-unsaturated/α-hetero) is 1. The van der Waals surface area contributed by atoms with Crippen LogP contribution in [0.5, 0.6) is 0 Å². The number of nitrogens with zero attached hydrogens (tertiary/aromatic N) is 3. The molecule has 3 heterocycles. The van der Waals surface area contributed by atoms with Crippen LogP contribution < -0.4 is 10.2 Å². The lowest BCUT2D eigenvalue weighted by Crippen LogP contribution is -2.35. The molecule has 1 fully saturated rings. The van der Waals surface area contributed by atoms with E-state index in [-0.39, 0.29) is 35.1 Å². The van der Waals surface area contributed by atoms with Gasteiger partial charge in [-0.05, 0) is 49.9 Å². The number of thiazole rings is 1. The second-order valence-electron chi connectivity index (χ2n) is 10.8. The first-order chi connectivity index (χ1) is 21.1. The zero-order valence-electron chi connectivity index (χ0n) is 24.8. The Morgan fingerprint density at radius 3 is 2.77 bits per heavy atom. The summed E-state index contributed by atoms with van der Waals surface area (Å²) in [5.74, 6) is -0.671. The molecule has 1 aliphatic heterocycles.